The fourth-order valence-corrected chi connectivity index (χ4v) is 2.79. The summed E-state index contributed by atoms with van der Waals surface area (Å²) >= 11 is 3.29. The Kier molecular flexibility index (Phi) is 10.1. The van der Waals surface area contributed by atoms with E-state index in [4.69, 9.17) is 31.5 Å². The molecule has 12 heteroatoms. The maximum atomic E-state index is 10.5. The van der Waals surface area contributed by atoms with Crippen molar-refractivity contribution in [1.82, 2.24) is 0 Å². The number of rotatable bonds is 8. The molecule has 0 saturated carbocycles. The number of halogens is 1. The van der Waals surface area contributed by atoms with E-state index in [0.717, 1.165) is 10.0 Å². The standard InChI is InChI=1S/C9H10BrNO2.C9H12NO6P/c10-7-3-1-6(2-4-7)5-8(11)9(12)13;10-8(9(11)12)5-6-1-3-7(4-2-6)16-17(13,14)15/h1-4,8H,5,11H2,(H,12,13);1-4,8H,5,10H2,(H,11,12)(H2,13,14,15)/t2*8-/m00/s1. The van der Waals surface area contributed by atoms with E-state index < -0.39 is 31.8 Å². The lowest BCUT2D eigenvalue weighted by Gasteiger charge is -2.09. The largest absolute Gasteiger partial charge is 0.524 e. The Hall–Kier alpha value is -2.27. The van der Waals surface area contributed by atoms with Crippen LogP contribution >= 0.6 is 23.8 Å². The zero-order valence-corrected chi connectivity index (χ0v) is 18.1. The Morgan fingerprint density at radius 3 is 1.57 bits per heavy atom. The molecular formula is C18H22BrN2O8P. The first kappa shape index (κ1) is 25.8. The van der Waals surface area contributed by atoms with Crippen LogP contribution in [0.15, 0.2) is 53.0 Å². The van der Waals surface area contributed by atoms with Crippen molar-refractivity contribution in [3.63, 3.8) is 0 Å². The molecule has 10 nitrogen and oxygen atoms in total. The monoisotopic (exact) mass is 504 g/mol. The molecule has 2 aromatic rings. The van der Waals surface area contributed by atoms with Gasteiger partial charge in [0, 0.05) is 4.47 Å². The van der Waals surface area contributed by atoms with Crippen LogP contribution in [0.2, 0.25) is 0 Å². The first-order valence-corrected chi connectivity index (χ1v) is 10.7. The van der Waals surface area contributed by atoms with Gasteiger partial charge in [-0.05, 0) is 48.2 Å². The summed E-state index contributed by atoms with van der Waals surface area (Å²) in [4.78, 5) is 38.0. The minimum absolute atomic E-state index is 0.00554. The third-order valence-electron chi connectivity index (χ3n) is 3.61. The average molecular weight is 505 g/mol. The van der Waals surface area contributed by atoms with Crippen molar-refractivity contribution in [1.29, 1.82) is 0 Å². The molecule has 0 aliphatic heterocycles. The Morgan fingerprint density at radius 2 is 1.23 bits per heavy atom. The van der Waals surface area contributed by atoms with Crippen LogP contribution in [0.25, 0.3) is 0 Å². The molecule has 0 heterocycles. The molecule has 0 saturated heterocycles. The minimum atomic E-state index is -4.56. The summed E-state index contributed by atoms with van der Waals surface area (Å²) in [6.45, 7) is 0. The van der Waals surface area contributed by atoms with Gasteiger partial charge in [-0.15, -0.1) is 0 Å². The lowest BCUT2D eigenvalue weighted by molar-refractivity contribution is -0.139. The summed E-state index contributed by atoms with van der Waals surface area (Å²) < 4.78 is 15.8. The van der Waals surface area contributed by atoms with E-state index in [0.29, 0.717) is 12.0 Å². The number of hydrogen-bond acceptors (Lipinski definition) is 6. The van der Waals surface area contributed by atoms with Crippen molar-refractivity contribution in [3.05, 3.63) is 64.1 Å². The van der Waals surface area contributed by atoms with E-state index in [2.05, 4.69) is 20.5 Å². The highest BCUT2D eigenvalue weighted by atomic mass is 79.9. The summed E-state index contributed by atoms with van der Waals surface area (Å²) in [7, 11) is -4.56. The number of benzene rings is 2. The topological polar surface area (TPSA) is 193 Å². The van der Waals surface area contributed by atoms with E-state index in [9.17, 15) is 14.2 Å². The lowest BCUT2D eigenvalue weighted by atomic mass is 10.1. The number of hydrogen-bond donors (Lipinski definition) is 6. The lowest BCUT2D eigenvalue weighted by Crippen LogP contribution is -2.32. The maximum Gasteiger partial charge on any atom is 0.524 e. The van der Waals surface area contributed by atoms with E-state index in [1.807, 2.05) is 24.3 Å². The highest BCUT2D eigenvalue weighted by molar-refractivity contribution is 9.10. The summed E-state index contributed by atoms with van der Waals surface area (Å²) in [5, 5.41) is 17.2. The van der Waals surface area contributed by atoms with Crippen LogP contribution in [-0.2, 0) is 27.0 Å². The highest BCUT2D eigenvalue weighted by Crippen LogP contribution is 2.37. The molecule has 2 aromatic carbocycles. The Balaban J connectivity index is 0.000000311. The van der Waals surface area contributed by atoms with Crippen molar-refractivity contribution < 1.29 is 38.7 Å². The fraction of sp³-hybridized carbons (Fsp3) is 0.222. The van der Waals surface area contributed by atoms with Gasteiger partial charge in [-0.2, -0.15) is 0 Å². The Labute approximate surface area is 180 Å². The van der Waals surface area contributed by atoms with Crippen molar-refractivity contribution in [3.8, 4) is 5.75 Å². The molecule has 0 amide bonds. The first-order chi connectivity index (χ1) is 13.9. The molecule has 2 atom stereocenters. The van der Waals surface area contributed by atoms with Gasteiger partial charge in [0.25, 0.3) is 0 Å². The van der Waals surface area contributed by atoms with E-state index in [1.165, 1.54) is 24.3 Å². The van der Waals surface area contributed by atoms with Gasteiger partial charge in [0.2, 0.25) is 0 Å². The van der Waals surface area contributed by atoms with Gasteiger partial charge >= 0.3 is 19.8 Å². The summed E-state index contributed by atoms with van der Waals surface area (Å²) in [6.07, 6.45) is 0.494. The normalized spacial score (nSPS) is 12.8. The average Bonchev–Trinajstić information content (AvgIpc) is 2.64. The zero-order valence-electron chi connectivity index (χ0n) is 15.6. The number of carboxylic acids is 2. The first-order valence-electron chi connectivity index (χ1n) is 8.42. The highest BCUT2D eigenvalue weighted by Gasteiger charge is 2.16. The van der Waals surface area contributed by atoms with Gasteiger partial charge in [0.15, 0.2) is 0 Å². The van der Waals surface area contributed by atoms with Crippen LogP contribution < -0.4 is 16.0 Å². The maximum absolute atomic E-state index is 10.5. The Morgan fingerprint density at radius 1 is 0.867 bits per heavy atom. The molecule has 8 N–H and O–H groups in total. The van der Waals surface area contributed by atoms with Crippen molar-refractivity contribution in [2.45, 2.75) is 24.9 Å². The molecule has 0 aromatic heterocycles. The fourth-order valence-electron chi connectivity index (χ4n) is 2.13. The SMILES string of the molecule is N[C@@H](Cc1ccc(Br)cc1)C(=O)O.N[C@@H](Cc1ccc(OP(=O)(O)O)cc1)C(=O)O. The number of carbonyl (C=O) groups is 2. The third kappa shape index (κ3) is 10.5. The third-order valence-corrected chi connectivity index (χ3v) is 4.58. The van der Waals surface area contributed by atoms with Crippen molar-refractivity contribution in [2.24, 2.45) is 11.5 Å². The molecule has 0 aliphatic rings. The van der Waals surface area contributed by atoms with Gasteiger partial charge in [-0.25, -0.2) is 4.57 Å². The smallest absolute Gasteiger partial charge is 0.480 e. The predicted octanol–water partition coefficient (Wildman–Crippen LogP) is 1.52. The number of aliphatic carboxylic acids is 2. The van der Waals surface area contributed by atoms with E-state index in [-0.39, 0.29) is 12.2 Å². The van der Waals surface area contributed by atoms with Crippen LogP contribution in [0.1, 0.15) is 11.1 Å². The molecule has 164 valence electrons. The molecule has 0 aliphatic carbocycles. The second-order valence-corrected chi connectivity index (χ2v) is 8.23. The van der Waals surface area contributed by atoms with Gasteiger partial charge in [-0.3, -0.25) is 19.4 Å². The van der Waals surface area contributed by atoms with E-state index in [1.54, 1.807) is 0 Å². The van der Waals surface area contributed by atoms with Gasteiger partial charge in [0.05, 0.1) is 0 Å². The van der Waals surface area contributed by atoms with Crippen molar-refractivity contribution in [2.75, 3.05) is 0 Å². The summed E-state index contributed by atoms with van der Waals surface area (Å²) in [6, 6.07) is 11.3. The predicted molar refractivity (Wildman–Crippen MR) is 112 cm³/mol. The van der Waals surface area contributed by atoms with Crippen LogP contribution in [0, 0.1) is 0 Å². The molecule has 30 heavy (non-hydrogen) atoms. The number of phosphoric acid groups is 1. The number of phosphoric ester groups is 1. The van der Waals surface area contributed by atoms with E-state index >= 15 is 0 Å². The molecule has 2 rings (SSSR count). The van der Waals surface area contributed by atoms with Crippen LogP contribution in [0.5, 0.6) is 5.75 Å². The second kappa shape index (κ2) is 11.8. The van der Waals surface area contributed by atoms with Gasteiger partial charge in [0.1, 0.15) is 17.8 Å². The quantitative estimate of drug-likeness (QED) is 0.287. The summed E-state index contributed by atoms with van der Waals surface area (Å²) in [5.74, 6) is -2.07. The molecule has 0 bridgehead atoms. The summed E-state index contributed by atoms with van der Waals surface area (Å²) in [5.41, 5.74) is 12.3. The van der Waals surface area contributed by atoms with Crippen LogP contribution in [0.4, 0.5) is 0 Å². The molecular weight excluding hydrogens is 483 g/mol. The molecule has 0 spiro atoms. The molecule has 0 fully saturated rings. The van der Waals surface area contributed by atoms with Crippen LogP contribution in [-0.4, -0.2) is 44.0 Å². The molecule has 0 radical (unpaired) electrons. The van der Waals surface area contributed by atoms with Gasteiger partial charge < -0.3 is 26.2 Å². The number of carboxylic acid groups (broad SMARTS) is 2. The van der Waals surface area contributed by atoms with Crippen molar-refractivity contribution >= 4 is 35.7 Å². The zero-order chi connectivity index (χ0) is 22.9. The minimum Gasteiger partial charge on any atom is -0.480 e. The Bertz CT molecular complexity index is 886. The number of nitrogens with two attached hydrogens (primary N) is 2. The van der Waals surface area contributed by atoms with Gasteiger partial charge in [-0.1, -0.05) is 40.2 Å². The molecule has 0 unspecified atom stereocenters. The second-order valence-electron chi connectivity index (χ2n) is 6.15. The van der Waals surface area contributed by atoms with Crippen LogP contribution in [0.3, 0.4) is 0 Å².